The Morgan fingerprint density at radius 1 is 1.12 bits per heavy atom. The van der Waals surface area contributed by atoms with Gasteiger partial charge >= 0.3 is 0 Å². The Balaban J connectivity index is 1.36. The Hall–Kier alpha value is -3.39. The third-order valence-corrected chi connectivity index (χ3v) is 6.44. The molecule has 34 heavy (non-hydrogen) atoms. The average molecular weight is 477 g/mol. The molecule has 7 nitrogen and oxygen atoms in total. The molecule has 0 radical (unpaired) electrons. The van der Waals surface area contributed by atoms with Crippen molar-refractivity contribution in [1.29, 1.82) is 5.41 Å². The zero-order chi connectivity index (χ0) is 24.2. The number of benzene rings is 2. The van der Waals surface area contributed by atoms with Crippen LogP contribution in [0.4, 0.5) is 0 Å². The lowest BCUT2D eigenvalue weighted by Crippen LogP contribution is -2.35. The highest BCUT2D eigenvalue weighted by atomic mass is 32.2. The van der Waals surface area contributed by atoms with Crippen LogP contribution in [-0.4, -0.2) is 40.2 Å². The molecule has 1 N–H and O–H groups in total. The Labute approximate surface area is 204 Å². The number of hydrazone groups is 1. The first kappa shape index (κ1) is 23.8. The van der Waals surface area contributed by atoms with Crippen LogP contribution in [0, 0.1) is 12.3 Å². The summed E-state index contributed by atoms with van der Waals surface area (Å²) in [6.45, 7) is 9.19. The minimum Gasteiger partial charge on any atom is -0.490 e. The number of aliphatic imine (C=N–C) groups is 1. The van der Waals surface area contributed by atoms with Gasteiger partial charge in [0.25, 0.3) is 5.91 Å². The molecule has 0 saturated carbocycles. The van der Waals surface area contributed by atoms with Gasteiger partial charge in [0.2, 0.25) is 5.17 Å². The van der Waals surface area contributed by atoms with Gasteiger partial charge in [0.15, 0.2) is 5.84 Å². The molecule has 8 heteroatoms. The number of carbonyl (C=O) groups is 1. The molecular formula is C26H28N4O3S. The van der Waals surface area contributed by atoms with Gasteiger partial charge in [0, 0.05) is 0 Å². The first-order valence-electron chi connectivity index (χ1n) is 11.3. The summed E-state index contributed by atoms with van der Waals surface area (Å²) in [6.07, 6.45) is 2.39. The van der Waals surface area contributed by atoms with Crippen LogP contribution in [-0.2, 0) is 4.79 Å². The fraction of sp³-hybridized carbons (Fsp3) is 0.308. The minimum absolute atomic E-state index is 0.0420. The van der Waals surface area contributed by atoms with Crippen LogP contribution in [0.3, 0.4) is 0 Å². The van der Waals surface area contributed by atoms with Crippen molar-refractivity contribution in [2.24, 2.45) is 10.1 Å². The third-order valence-electron chi connectivity index (χ3n) is 5.39. The Morgan fingerprint density at radius 3 is 2.56 bits per heavy atom. The summed E-state index contributed by atoms with van der Waals surface area (Å²) in [5, 5.41) is 15.5. The molecule has 0 saturated heterocycles. The van der Waals surface area contributed by atoms with E-state index in [4.69, 9.17) is 14.9 Å². The smallest absolute Gasteiger partial charge is 0.283 e. The van der Waals surface area contributed by atoms with E-state index in [0.29, 0.717) is 30.0 Å². The summed E-state index contributed by atoms with van der Waals surface area (Å²) in [4.78, 5) is 16.6. The van der Waals surface area contributed by atoms with Crippen molar-refractivity contribution in [3.8, 4) is 11.5 Å². The van der Waals surface area contributed by atoms with Crippen LogP contribution < -0.4 is 9.47 Å². The molecule has 0 aliphatic carbocycles. The van der Waals surface area contributed by atoms with Crippen molar-refractivity contribution in [3.63, 3.8) is 0 Å². The number of carbonyl (C=O) groups excluding carboxylic acids is 1. The van der Waals surface area contributed by atoms with Crippen LogP contribution in [0.1, 0.15) is 49.8 Å². The normalized spacial score (nSPS) is 16.6. The van der Waals surface area contributed by atoms with Crippen molar-refractivity contribution in [3.05, 3.63) is 64.7 Å². The van der Waals surface area contributed by atoms with Crippen molar-refractivity contribution in [2.75, 3.05) is 13.2 Å². The van der Waals surface area contributed by atoms with E-state index in [1.54, 1.807) is 6.08 Å². The standard InChI is InChI=1S/C26H28N4O3S/c1-5-23-29-30-24(27)21(25(31)28-26(30)34-23)15-18-7-9-19(10-8-18)32-12-13-33-22-14-17(4)6-11-20(22)16(2)3/h6-11,14-16,27H,5,12-13H2,1-4H3. The van der Waals surface area contributed by atoms with E-state index >= 15 is 0 Å². The number of fused-ring (bicyclic) bond motifs is 1. The lowest BCUT2D eigenvalue weighted by molar-refractivity contribution is -0.114. The van der Waals surface area contributed by atoms with Crippen LogP contribution in [0.15, 0.2) is 58.1 Å². The SMILES string of the molecule is CCC1=NN2C(=N)C(=Cc3ccc(OCCOc4cc(C)ccc4C(C)C)cc3)C(=O)N=C2S1. The molecule has 0 fully saturated rings. The average Bonchev–Trinajstić information content (AvgIpc) is 3.23. The number of ether oxygens (including phenoxy) is 2. The monoisotopic (exact) mass is 476 g/mol. The Kier molecular flexibility index (Phi) is 7.17. The number of nitrogens with one attached hydrogen (secondary N) is 1. The van der Waals surface area contributed by atoms with Crippen LogP contribution in [0.25, 0.3) is 6.08 Å². The van der Waals surface area contributed by atoms with Crippen LogP contribution >= 0.6 is 11.8 Å². The summed E-state index contributed by atoms with van der Waals surface area (Å²) in [6, 6.07) is 13.6. The Bertz CT molecular complexity index is 1200. The Morgan fingerprint density at radius 2 is 1.85 bits per heavy atom. The van der Waals surface area contributed by atoms with Gasteiger partial charge in [-0.05, 0) is 72.0 Å². The van der Waals surface area contributed by atoms with Gasteiger partial charge in [-0.2, -0.15) is 15.1 Å². The zero-order valence-corrected chi connectivity index (χ0v) is 20.6. The van der Waals surface area contributed by atoms with E-state index in [1.165, 1.54) is 22.3 Å². The van der Waals surface area contributed by atoms with Gasteiger partial charge in [-0.3, -0.25) is 10.2 Å². The molecule has 176 valence electrons. The van der Waals surface area contributed by atoms with Crippen LogP contribution in [0.5, 0.6) is 11.5 Å². The predicted octanol–water partition coefficient (Wildman–Crippen LogP) is 5.61. The third kappa shape index (κ3) is 5.22. The highest BCUT2D eigenvalue weighted by Gasteiger charge is 2.35. The number of amides is 1. The molecule has 0 aromatic heterocycles. The quantitative estimate of drug-likeness (QED) is 0.395. The predicted molar refractivity (Wildman–Crippen MR) is 138 cm³/mol. The molecule has 0 spiro atoms. The summed E-state index contributed by atoms with van der Waals surface area (Å²) < 4.78 is 11.8. The van der Waals surface area contributed by atoms with Gasteiger partial charge in [-0.15, -0.1) is 0 Å². The largest absolute Gasteiger partial charge is 0.490 e. The van der Waals surface area contributed by atoms with Crippen molar-refractivity contribution < 1.29 is 14.3 Å². The van der Waals surface area contributed by atoms with Crippen molar-refractivity contribution in [2.45, 2.75) is 40.0 Å². The fourth-order valence-electron chi connectivity index (χ4n) is 3.56. The summed E-state index contributed by atoms with van der Waals surface area (Å²) in [5.74, 6) is 1.61. The number of hydrogen-bond acceptors (Lipinski definition) is 6. The number of amidine groups is 2. The fourth-order valence-corrected chi connectivity index (χ4v) is 4.38. The van der Waals surface area contributed by atoms with Gasteiger partial charge < -0.3 is 9.47 Å². The molecule has 2 heterocycles. The maximum atomic E-state index is 12.5. The van der Waals surface area contributed by atoms with E-state index < -0.39 is 5.91 Å². The minimum atomic E-state index is -0.425. The maximum absolute atomic E-state index is 12.5. The summed E-state index contributed by atoms with van der Waals surface area (Å²) >= 11 is 1.33. The molecule has 0 unspecified atom stereocenters. The first-order valence-corrected chi connectivity index (χ1v) is 12.1. The second kappa shape index (κ2) is 10.3. The number of aryl methyl sites for hydroxylation is 1. The van der Waals surface area contributed by atoms with E-state index in [1.807, 2.05) is 31.2 Å². The van der Waals surface area contributed by atoms with E-state index in [9.17, 15) is 4.79 Å². The number of rotatable bonds is 8. The zero-order valence-electron chi connectivity index (χ0n) is 19.8. The summed E-state index contributed by atoms with van der Waals surface area (Å²) in [7, 11) is 0. The second-order valence-electron chi connectivity index (χ2n) is 8.33. The van der Waals surface area contributed by atoms with E-state index in [2.05, 4.69) is 49.1 Å². The van der Waals surface area contributed by atoms with Gasteiger partial charge in [-0.25, -0.2) is 0 Å². The molecule has 2 aromatic carbocycles. The van der Waals surface area contributed by atoms with Crippen molar-refractivity contribution in [1.82, 2.24) is 5.01 Å². The topological polar surface area (TPSA) is 87.3 Å². The first-order chi connectivity index (χ1) is 16.4. The highest BCUT2D eigenvalue weighted by molar-refractivity contribution is 8.26. The van der Waals surface area contributed by atoms with E-state index in [0.717, 1.165) is 28.3 Å². The molecular weight excluding hydrogens is 448 g/mol. The number of nitrogens with zero attached hydrogens (tertiary/aromatic N) is 3. The van der Waals surface area contributed by atoms with Gasteiger partial charge in [0.1, 0.15) is 29.8 Å². The molecule has 1 amide bonds. The number of thioether (sulfide) groups is 1. The molecule has 0 atom stereocenters. The van der Waals surface area contributed by atoms with E-state index in [-0.39, 0.29) is 11.4 Å². The molecule has 2 aliphatic heterocycles. The van der Waals surface area contributed by atoms with Gasteiger partial charge in [0.05, 0.1) is 5.57 Å². The molecule has 4 rings (SSSR count). The lowest BCUT2D eigenvalue weighted by atomic mass is 10.0. The summed E-state index contributed by atoms with van der Waals surface area (Å²) in [5.41, 5.74) is 3.35. The van der Waals surface area contributed by atoms with Crippen molar-refractivity contribution >= 4 is 39.8 Å². The molecule has 0 bridgehead atoms. The maximum Gasteiger partial charge on any atom is 0.283 e. The molecule has 2 aliphatic rings. The highest BCUT2D eigenvalue weighted by Crippen LogP contribution is 2.30. The van der Waals surface area contributed by atoms with Gasteiger partial charge in [-0.1, -0.05) is 45.0 Å². The second-order valence-corrected chi connectivity index (χ2v) is 9.37. The lowest BCUT2D eigenvalue weighted by Gasteiger charge is -2.20. The number of hydrogen-bond donors (Lipinski definition) is 1. The molecule has 2 aromatic rings. The van der Waals surface area contributed by atoms with Crippen LogP contribution in [0.2, 0.25) is 0 Å².